The second-order valence-electron chi connectivity index (χ2n) is 3.55. The molecule has 1 aromatic rings. The summed E-state index contributed by atoms with van der Waals surface area (Å²) in [7, 11) is 0. The van der Waals surface area contributed by atoms with Crippen LogP contribution in [0.3, 0.4) is 0 Å². The van der Waals surface area contributed by atoms with Crippen molar-refractivity contribution in [2.75, 3.05) is 29.5 Å². The van der Waals surface area contributed by atoms with Crippen molar-refractivity contribution in [1.82, 2.24) is 9.97 Å². The van der Waals surface area contributed by atoms with Crippen LogP contribution >= 0.6 is 24.8 Å². The molecule has 0 radical (unpaired) electrons. The molecule has 16 heavy (non-hydrogen) atoms. The number of nitrogens with two attached hydrogens (primary N) is 2. The van der Waals surface area contributed by atoms with Gasteiger partial charge in [0.25, 0.3) is 0 Å². The van der Waals surface area contributed by atoms with Gasteiger partial charge in [0.1, 0.15) is 0 Å². The Bertz CT molecular complexity index is 328. The number of anilines is 3. The number of nitrogens with zero attached hydrogens (tertiary/aromatic N) is 3. The molecule has 0 aromatic carbocycles. The van der Waals surface area contributed by atoms with Gasteiger partial charge in [0.05, 0.1) is 11.9 Å². The van der Waals surface area contributed by atoms with Crippen LogP contribution in [0.15, 0.2) is 6.20 Å². The third-order valence-corrected chi connectivity index (χ3v) is 2.47. The summed E-state index contributed by atoms with van der Waals surface area (Å²) in [6, 6.07) is 0. The van der Waals surface area contributed by atoms with Crippen molar-refractivity contribution in [3.8, 4) is 0 Å². The number of rotatable bonds is 1. The molecule has 0 saturated carbocycles. The number of aromatic nitrogens is 2. The van der Waals surface area contributed by atoms with Gasteiger partial charge in [0, 0.05) is 13.1 Å². The topological polar surface area (TPSA) is 81.1 Å². The van der Waals surface area contributed by atoms with E-state index >= 15 is 0 Å². The maximum Gasteiger partial charge on any atom is 0.222 e. The van der Waals surface area contributed by atoms with Crippen LogP contribution in [0.25, 0.3) is 0 Å². The second-order valence-corrected chi connectivity index (χ2v) is 3.55. The largest absolute Gasteiger partial charge is 0.394 e. The zero-order valence-electron chi connectivity index (χ0n) is 8.93. The fraction of sp³-hybridized carbons (Fsp3) is 0.556. The molecular formula is C9H17Cl2N5. The minimum Gasteiger partial charge on any atom is -0.394 e. The van der Waals surface area contributed by atoms with Crippen LogP contribution in [0.1, 0.15) is 19.3 Å². The quantitative estimate of drug-likeness (QED) is 0.804. The molecule has 1 aliphatic heterocycles. The molecule has 1 aromatic heterocycles. The minimum absolute atomic E-state index is 0. The molecule has 1 fully saturated rings. The van der Waals surface area contributed by atoms with E-state index in [1.807, 2.05) is 0 Å². The van der Waals surface area contributed by atoms with E-state index in [-0.39, 0.29) is 24.8 Å². The van der Waals surface area contributed by atoms with Crippen molar-refractivity contribution in [3.05, 3.63) is 6.20 Å². The lowest BCUT2D eigenvalue weighted by atomic mass is 10.1. The van der Waals surface area contributed by atoms with Crippen LogP contribution in [-0.4, -0.2) is 23.1 Å². The number of hydrogen-bond donors (Lipinski definition) is 2. The van der Waals surface area contributed by atoms with Crippen LogP contribution in [0.4, 0.5) is 17.5 Å². The van der Waals surface area contributed by atoms with Crippen molar-refractivity contribution < 1.29 is 0 Å². The molecule has 0 aliphatic carbocycles. The third kappa shape index (κ3) is 3.28. The molecule has 0 spiro atoms. The van der Waals surface area contributed by atoms with E-state index in [2.05, 4.69) is 14.9 Å². The summed E-state index contributed by atoms with van der Waals surface area (Å²) in [5.41, 5.74) is 11.9. The van der Waals surface area contributed by atoms with Crippen molar-refractivity contribution in [3.63, 3.8) is 0 Å². The maximum absolute atomic E-state index is 5.80. The lowest BCUT2D eigenvalue weighted by Crippen LogP contribution is -2.31. The van der Waals surface area contributed by atoms with Crippen LogP contribution in [0.5, 0.6) is 0 Å². The van der Waals surface area contributed by atoms with Gasteiger partial charge in [0.2, 0.25) is 5.95 Å². The van der Waals surface area contributed by atoms with Crippen molar-refractivity contribution >= 4 is 42.3 Å². The molecule has 0 atom stereocenters. The highest BCUT2D eigenvalue weighted by Gasteiger charge is 2.15. The Morgan fingerprint density at radius 2 is 1.69 bits per heavy atom. The summed E-state index contributed by atoms with van der Waals surface area (Å²) < 4.78 is 0. The zero-order valence-corrected chi connectivity index (χ0v) is 10.6. The molecule has 4 N–H and O–H groups in total. The Hall–Kier alpha value is -0.940. The van der Waals surface area contributed by atoms with Crippen molar-refractivity contribution in [2.45, 2.75) is 19.3 Å². The van der Waals surface area contributed by atoms with Gasteiger partial charge in [-0.05, 0) is 19.3 Å². The summed E-state index contributed by atoms with van der Waals surface area (Å²) in [4.78, 5) is 10.2. The fourth-order valence-electron chi connectivity index (χ4n) is 1.75. The lowest BCUT2D eigenvalue weighted by molar-refractivity contribution is 0.574. The smallest absolute Gasteiger partial charge is 0.222 e. The SMILES string of the molecule is Cl.Cl.Nc1ncc(N)c(N2CCCCC2)n1. The summed E-state index contributed by atoms with van der Waals surface area (Å²) in [5, 5.41) is 0. The van der Waals surface area contributed by atoms with Gasteiger partial charge in [-0.2, -0.15) is 4.98 Å². The van der Waals surface area contributed by atoms with Crippen LogP contribution in [-0.2, 0) is 0 Å². The molecule has 0 bridgehead atoms. The molecule has 5 nitrogen and oxygen atoms in total. The molecule has 0 amide bonds. The molecule has 7 heteroatoms. The van der Waals surface area contributed by atoms with E-state index in [9.17, 15) is 0 Å². The van der Waals surface area contributed by atoms with E-state index in [0.29, 0.717) is 11.6 Å². The first-order valence-electron chi connectivity index (χ1n) is 4.90. The van der Waals surface area contributed by atoms with Crippen LogP contribution in [0, 0.1) is 0 Å². The predicted molar refractivity (Wildman–Crippen MR) is 71.4 cm³/mol. The van der Waals surface area contributed by atoms with E-state index < -0.39 is 0 Å². The standard InChI is InChI=1S/C9H15N5.2ClH/c10-7-6-12-9(11)13-8(7)14-4-2-1-3-5-14;;/h6H,1-5,10H2,(H2,11,12,13);2*1H. The third-order valence-electron chi connectivity index (χ3n) is 2.47. The Kier molecular flexibility index (Phi) is 6.21. The fourth-order valence-corrected chi connectivity index (χ4v) is 1.75. The highest BCUT2D eigenvalue weighted by molar-refractivity contribution is 5.85. The van der Waals surface area contributed by atoms with Gasteiger partial charge in [-0.25, -0.2) is 4.98 Å². The first-order valence-corrected chi connectivity index (χ1v) is 4.90. The monoisotopic (exact) mass is 265 g/mol. The molecule has 0 unspecified atom stereocenters. The predicted octanol–water partition coefficient (Wildman–Crippen LogP) is 1.47. The summed E-state index contributed by atoms with van der Waals surface area (Å²) >= 11 is 0. The highest BCUT2D eigenvalue weighted by Crippen LogP contribution is 2.23. The maximum atomic E-state index is 5.80. The summed E-state index contributed by atoms with van der Waals surface area (Å²) in [5.74, 6) is 1.08. The van der Waals surface area contributed by atoms with Crippen LogP contribution < -0.4 is 16.4 Å². The molecular weight excluding hydrogens is 249 g/mol. The van der Waals surface area contributed by atoms with E-state index in [1.54, 1.807) is 6.20 Å². The molecule has 2 heterocycles. The summed E-state index contributed by atoms with van der Waals surface area (Å²) in [6.07, 6.45) is 5.26. The lowest BCUT2D eigenvalue weighted by Gasteiger charge is -2.28. The number of piperidine rings is 1. The normalized spacial score (nSPS) is 14.9. The Labute approximate surface area is 107 Å². The van der Waals surface area contributed by atoms with Crippen molar-refractivity contribution in [1.29, 1.82) is 0 Å². The minimum atomic E-state index is 0. The van der Waals surface area contributed by atoms with Crippen molar-refractivity contribution in [2.24, 2.45) is 0 Å². The molecule has 1 aliphatic rings. The van der Waals surface area contributed by atoms with E-state index in [0.717, 1.165) is 18.9 Å². The zero-order chi connectivity index (χ0) is 9.97. The Morgan fingerprint density at radius 1 is 1.06 bits per heavy atom. The second kappa shape index (κ2) is 6.60. The average Bonchev–Trinajstić information content (AvgIpc) is 2.23. The first-order chi connectivity index (χ1) is 6.77. The van der Waals surface area contributed by atoms with Gasteiger partial charge < -0.3 is 16.4 Å². The van der Waals surface area contributed by atoms with Gasteiger partial charge in [-0.15, -0.1) is 24.8 Å². The highest BCUT2D eigenvalue weighted by atomic mass is 35.5. The molecule has 2 rings (SSSR count). The van der Waals surface area contributed by atoms with E-state index in [4.69, 9.17) is 11.5 Å². The number of hydrogen-bond acceptors (Lipinski definition) is 5. The molecule has 1 saturated heterocycles. The first kappa shape index (κ1) is 15.1. The number of halogens is 2. The van der Waals surface area contributed by atoms with Gasteiger partial charge in [-0.3, -0.25) is 0 Å². The summed E-state index contributed by atoms with van der Waals surface area (Å²) in [6.45, 7) is 2.03. The van der Waals surface area contributed by atoms with Gasteiger partial charge >= 0.3 is 0 Å². The Morgan fingerprint density at radius 3 is 2.31 bits per heavy atom. The van der Waals surface area contributed by atoms with Crippen LogP contribution in [0.2, 0.25) is 0 Å². The molecule has 92 valence electrons. The number of nitrogen functional groups attached to an aromatic ring is 2. The van der Waals surface area contributed by atoms with Gasteiger partial charge in [0.15, 0.2) is 5.82 Å². The van der Waals surface area contributed by atoms with Gasteiger partial charge in [-0.1, -0.05) is 0 Å². The Balaban J connectivity index is 0.00000112. The average molecular weight is 266 g/mol. The van der Waals surface area contributed by atoms with E-state index in [1.165, 1.54) is 19.3 Å².